The lowest BCUT2D eigenvalue weighted by molar-refractivity contribution is 0.512. The van der Waals surface area contributed by atoms with Crippen LogP contribution in [0.15, 0.2) is 59.7 Å². The van der Waals surface area contributed by atoms with E-state index in [1.807, 2.05) is 41.2 Å². The normalized spacial score (nSPS) is 10.4. The molecule has 1 aromatic carbocycles. The van der Waals surface area contributed by atoms with Crippen molar-refractivity contribution in [3.05, 3.63) is 61.1 Å². The fraction of sp³-hybridized carbons (Fsp3) is 0.0769. The van der Waals surface area contributed by atoms with Crippen LogP contribution < -0.4 is 5.32 Å². The third-order valence-corrected chi connectivity index (χ3v) is 2.57. The Labute approximate surface area is 104 Å². The quantitative estimate of drug-likeness (QED) is 0.761. The van der Waals surface area contributed by atoms with E-state index in [9.17, 15) is 0 Å². The third kappa shape index (κ3) is 2.24. The maximum atomic E-state index is 5.17. The molecule has 0 saturated carbocycles. The van der Waals surface area contributed by atoms with E-state index in [4.69, 9.17) is 4.42 Å². The van der Waals surface area contributed by atoms with Gasteiger partial charge < -0.3 is 9.73 Å². The van der Waals surface area contributed by atoms with Crippen molar-refractivity contribution >= 4 is 5.69 Å². The third-order valence-electron chi connectivity index (χ3n) is 2.57. The zero-order chi connectivity index (χ0) is 12.2. The second kappa shape index (κ2) is 4.75. The van der Waals surface area contributed by atoms with Crippen LogP contribution >= 0.6 is 0 Å². The Balaban J connectivity index is 1.75. The Bertz CT molecular complexity index is 602. The molecule has 3 rings (SSSR count). The summed E-state index contributed by atoms with van der Waals surface area (Å²) in [5.74, 6) is 0.805. The molecule has 0 spiro atoms. The van der Waals surface area contributed by atoms with Gasteiger partial charge in [-0.1, -0.05) is 6.07 Å². The second-order valence-electron chi connectivity index (χ2n) is 3.82. The molecule has 90 valence electrons. The number of aromatic nitrogens is 3. The van der Waals surface area contributed by atoms with Gasteiger partial charge in [-0.25, -0.2) is 9.67 Å². The SMILES string of the molecule is c1cc(NCc2cnco2)cc(-n2cccn2)c1. The minimum Gasteiger partial charge on any atom is -0.447 e. The first-order valence-corrected chi connectivity index (χ1v) is 5.63. The van der Waals surface area contributed by atoms with Crippen molar-refractivity contribution in [2.45, 2.75) is 6.54 Å². The molecule has 0 bridgehead atoms. The molecule has 5 nitrogen and oxygen atoms in total. The van der Waals surface area contributed by atoms with Crippen molar-refractivity contribution in [3.8, 4) is 5.69 Å². The summed E-state index contributed by atoms with van der Waals surface area (Å²) in [5, 5.41) is 7.47. The van der Waals surface area contributed by atoms with Crippen molar-refractivity contribution in [1.82, 2.24) is 14.8 Å². The molecule has 0 aliphatic rings. The molecule has 0 saturated heterocycles. The highest BCUT2D eigenvalue weighted by atomic mass is 16.3. The Morgan fingerprint density at radius 1 is 1.28 bits per heavy atom. The van der Waals surface area contributed by atoms with E-state index < -0.39 is 0 Å². The molecule has 0 aliphatic carbocycles. The molecule has 0 fully saturated rings. The summed E-state index contributed by atoms with van der Waals surface area (Å²) in [5.41, 5.74) is 2.03. The van der Waals surface area contributed by atoms with E-state index in [0.717, 1.165) is 17.1 Å². The summed E-state index contributed by atoms with van der Waals surface area (Å²) >= 11 is 0. The van der Waals surface area contributed by atoms with Gasteiger partial charge in [-0.15, -0.1) is 0 Å². The number of benzene rings is 1. The Hall–Kier alpha value is -2.56. The van der Waals surface area contributed by atoms with Crippen molar-refractivity contribution in [3.63, 3.8) is 0 Å². The van der Waals surface area contributed by atoms with Gasteiger partial charge in [-0.3, -0.25) is 0 Å². The molecule has 2 aromatic heterocycles. The van der Waals surface area contributed by atoms with E-state index in [1.165, 1.54) is 6.39 Å². The van der Waals surface area contributed by atoms with Gasteiger partial charge in [0.05, 0.1) is 18.4 Å². The average molecular weight is 240 g/mol. The topological polar surface area (TPSA) is 55.9 Å². The van der Waals surface area contributed by atoms with Gasteiger partial charge >= 0.3 is 0 Å². The van der Waals surface area contributed by atoms with Crippen molar-refractivity contribution in [1.29, 1.82) is 0 Å². The van der Waals surface area contributed by atoms with Gasteiger partial charge in [-0.05, 0) is 24.3 Å². The van der Waals surface area contributed by atoms with Crippen LogP contribution in [-0.2, 0) is 6.54 Å². The first-order valence-electron chi connectivity index (χ1n) is 5.63. The van der Waals surface area contributed by atoms with E-state index in [1.54, 1.807) is 12.4 Å². The Morgan fingerprint density at radius 3 is 3.06 bits per heavy atom. The number of hydrogen-bond donors (Lipinski definition) is 1. The van der Waals surface area contributed by atoms with Crippen LogP contribution in [-0.4, -0.2) is 14.8 Å². The number of rotatable bonds is 4. The maximum absolute atomic E-state index is 5.17. The monoisotopic (exact) mass is 240 g/mol. The summed E-state index contributed by atoms with van der Waals surface area (Å²) in [6, 6.07) is 9.92. The van der Waals surface area contributed by atoms with Crippen LogP contribution in [0, 0.1) is 0 Å². The summed E-state index contributed by atoms with van der Waals surface area (Å²) < 4.78 is 6.99. The zero-order valence-corrected chi connectivity index (χ0v) is 9.65. The highest BCUT2D eigenvalue weighted by Gasteiger charge is 2.00. The van der Waals surface area contributed by atoms with Crippen molar-refractivity contribution < 1.29 is 4.42 Å². The first-order chi connectivity index (χ1) is 8.92. The van der Waals surface area contributed by atoms with Gasteiger partial charge in [0.1, 0.15) is 5.76 Å². The van der Waals surface area contributed by atoms with Crippen LogP contribution in [0.1, 0.15) is 5.76 Å². The highest BCUT2D eigenvalue weighted by Crippen LogP contribution is 2.14. The average Bonchev–Trinajstić information content (AvgIpc) is 3.10. The number of hydrogen-bond acceptors (Lipinski definition) is 4. The smallest absolute Gasteiger partial charge is 0.180 e. The number of oxazole rings is 1. The molecule has 0 radical (unpaired) electrons. The lowest BCUT2D eigenvalue weighted by Gasteiger charge is -2.07. The molecule has 18 heavy (non-hydrogen) atoms. The maximum Gasteiger partial charge on any atom is 0.180 e. The van der Waals surface area contributed by atoms with Gasteiger partial charge in [0.15, 0.2) is 6.39 Å². The Morgan fingerprint density at radius 2 is 2.28 bits per heavy atom. The largest absolute Gasteiger partial charge is 0.447 e. The molecule has 0 amide bonds. The number of nitrogens with one attached hydrogen (secondary N) is 1. The molecule has 1 N–H and O–H groups in total. The van der Waals surface area contributed by atoms with Crippen LogP contribution in [0.25, 0.3) is 5.69 Å². The predicted molar refractivity (Wildman–Crippen MR) is 67.4 cm³/mol. The van der Waals surface area contributed by atoms with E-state index in [-0.39, 0.29) is 0 Å². The lowest BCUT2D eigenvalue weighted by Crippen LogP contribution is -2.00. The molecular formula is C13H12N4O. The molecule has 0 atom stereocenters. The predicted octanol–water partition coefficient (Wildman–Crippen LogP) is 2.47. The molecule has 2 heterocycles. The zero-order valence-electron chi connectivity index (χ0n) is 9.65. The Kier molecular flexibility index (Phi) is 2.79. The lowest BCUT2D eigenvalue weighted by atomic mass is 10.2. The van der Waals surface area contributed by atoms with E-state index in [2.05, 4.69) is 15.4 Å². The standard InChI is InChI=1S/C13H12N4O/c1-3-11(15-9-13-8-14-10-18-13)7-12(4-1)17-6-2-5-16-17/h1-8,10,15H,9H2. The summed E-state index contributed by atoms with van der Waals surface area (Å²) in [6.07, 6.45) is 6.80. The molecular weight excluding hydrogens is 228 g/mol. The first kappa shape index (κ1) is 10.6. The van der Waals surface area contributed by atoms with Crippen molar-refractivity contribution in [2.75, 3.05) is 5.32 Å². The van der Waals surface area contributed by atoms with Crippen LogP contribution in [0.5, 0.6) is 0 Å². The van der Waals surface area contributed by atoms with Crippen LogP contribution in [0.4, 0.5) is 5.69 Å². The fourth-order valence-corrected chi connectivity index (χ4v) is 1.70. The minimum atomic E-state index is 0.614. The van der Waals surface area contributed by atoms with Gasteiger partial charge in [0.2, 0.25) is 0 Å². The number of anilines is 1. The van der Waals surface area contributed by atoms with Crippen LogP contribution in [0.2, 0.25) is 0 Å². The van der Waals surface area contributed by atoms with Gasteiger partial charge in [0.25, 0.3) is 0 Å². The fourth-order valence-electron chi connectivity index (χ4n) is 1.70. The van der Waals surface area contributed by atoms with E-state index in [0.29, 0.717) is 6.54 Å². The second-order valence-corrected chi connectivity index (χ2v) is 3.82. The molecule has 3 aromatic rings. The number of nitrogens with zero attached hydrogens (tertiary/aromatic N) is 3. The highest BCUT2D eigenvalue weighted by molar-refractivity contribution is 5.50. The summed E-state index contributed by atoms with van der Waals surface area (Å²) in [6.45, 7) is 0.614. The van der Waals surface area contributed by atoms with Crippen LogP contribution in [0.3, 0.4) is 0 Å². The molecule has 0 aliphatic heterocycles. The molecule has 0 unspecified atom stereocenters. The van der Waals surface area contributed by atoms with Gasteiger partial charge in [0, 0.05) is 18.1 Å². The van der Waals surface area contributed by atoms with Crippen molar-refractivity contribution in [2.24, 2.45) is 0 Å². The summed E-state index contributed by atoms with van der Waals surface area (Å²) in [4.78, 5) is 3.87. The van der Waals surface area contributed by atoms with Gasteiger partial charge in [-0.2, -0.15) is 5.10 Å². The molecule has 5 heteroatoms. The summed E-state index contributed by atoms with van der Waals surface area (Å²) in [7, 11) is 0. The minimum absolute atomic E-state index is 0.614. The van der Waals surface area contributed by atoms with E-state index >= 15 is 0 Å².